The van der Waals surface area contributed by atoms with Gasteiger partial charge in [-0.05, 0) is 96.3 Å². The average molecular weight is 990 g/mol. The number of unbranched alkanes of at least 4 members (excludes halogenated alkanes) is 29. The molecule has 0 fully saturated rings. The van der Waals surface area contributed by atoms with Crippen LogP contribution in [0.5, 0.6) is 0 Å². The van der Waals surface area contributed by atoms with Gasteiger partial charge < -0.3 is 14.2 Å². The fraction of sp³-hybridized carbons (Fsp3) is 0.738. The molecule has 6 nitrogen and oxygen atoms in total. The van der Waals surface area contributed by atoms with Crippen LogP contribution in [-0.2, 0) is 28.6 Å². The van der Waals surface area contributed by atoms with E-state index in [4.69, 9.17) is 14.2 Å². The largest absolute Gasteiger partial charge is 0.462 e. The molecule has 0 aliphatic rings. The van der Waals surface area contributed by atoms with Crippen molar-refractivity contribution >= 4 is 17.9 Å². The SMILES string of the molecule is CC/C=C\C/C=C\C/C=C\C/C=C\C/C=C\CCCCCC(=O)OC[C@H](COC(=O)CCCCCCCCCCCCCCCCC)OC(=O)CCCCCCCCCCC/C=C\C/C=C\CCCCC. The fourth-order valence-corrected chi connectivity index (χ4v) is 8.38. The summed E-state index contributed by atoms with van der Waals surface area (Å²) in [5.74, 6) is -0.914. The number of allylic oxidation sites excluding steroid dienone is 14. The number of esters is 3. The fourth-order valence-electron chi connectivity index (χ4n) is 8.38. The summed E-state index contributed by atoms with van der Waals surface area (Å²) in [6.07, 6.45) is 77.1. The Labute approximate surface area is 439 Å². The van der Waals surface area contributed by atoms with Gasteiger partial charge in [0.1, 0.15) is 13.2 Å². The second-order valence-electron chi connectivity index (χ2n) is 19.9. The Balaban J connectivity index is 4.43. The molecular weight excluding hydrogens is 877 g/mol. The normalized spacial score (nSPS) is 12.7. The van der Waals surface area contributed by atoms with Gasteiger partial charge in [0.15, 0.2) is 6.10 Å². The predicted molar refractivity (Wildman–Crippen MR) is 307 cm³/mol. The van der Waals surface area contributed by atoms with E-state index in [1.54, 1.807) is 0 Å². The summed E-state index contributed by atoms with van der Waals surface area (Å²) < 4.78 is 16.9. The summed E-state index contributed by atoms with van der Waals surface area (Å²) in [7, 11) is 0. The molecule has 0 saturated heterocycles. The van der Waals surface area contributed by atoms with Gasteiger partial charge in [-0.1, -0.05) is 260 Å². The summed E-state index contributed by atoms with van der Waals surface area (Å²) in [5.41, 5.74) is 0. The Kier molecular flexibility index (Phi) is 56.3. The van der Waals surface area contributed by atoms with Gasteiger partial charge in [-0.2, -0.15) is 0 Å². The number of carbonyl (C=O) groups is 3. The van der Waals surface area contributed by atoms with E-state index >= 15 is 0 Å². The highest BCUT2D eigenvalue weighted by Gasteiger charge is 2.19. The Morgan fingerprint density at radius 2 is 0.549 bits per heavy atom. The Bertz CT molecular complexity index is 1370. The number of hydrogen-bond donors (Lipinski definition) is 0. The first kappa shape index (κ1) is 67.6. The van der Waals surface area contributed by atoms with Crippen molar-refractivity contribution in [3.8, 4) is 0 Å². The van der Waals surface area contributed by atoms with Crippen LogP contribution >= 0.6 is 0 Å². The van der Waals surface area contributed by atoms with E-state index in [0.29, 0.717) is 19.3 Å². The standard InChI is InChI=1S/C65H112O6/c1-4-7-10-13-16-19-22-25-28-30-32-34-37-40-43-46-49-52-55-58-64(67)70-61-62(60-69-63(66)57-54-51-48-45-42-39-36-27-24-21-18-15-12-9-6-3)71-65(68)59-56-53-50-47-44-41-38-35-33-31-29-26-23-20-17-14-11-8-5-2/h7,10,16-17,19-20,25-26,28-29,32,34,40,43,62H,4-6,8-9,11-15,18,21-24,27,30-31,33,35-39,41-42,44-61H2,1-3H3/b10-7-,19-16-,20-17-,28-25-,29-26-,34-32-,43-40-/t62-/m0/s1. The van der Waals surface area contributed by atoms with Crippen LogP contribution in [0.1, 0.15) is 290 Å². The van der Waals surface area contributed by atoms with Gasteiger partial charge in [0.25, 0.3) is 0 Å². The number of rotatable bonds is 54. The quantitative estimate of drug-likeness (QED) is 0.0261. The van der Waals surface area contributed by atoms with Crippen LogP contribution in [0.15, 0.2) is 85.1 Å². The van der Waals surface area contributed by atoms with Crippen LogP contribution in [0.25, 0.3) is 0 Å². The molecular formula is C65H112O6. The third kappa shape index (κ3) is 57.4. The maximum atomic E-state index is 12.9. The van der Waals surface area contributed by atoms with Crippen LogP contribution in [0, 0.1) is 0 Å². The molecule has 0 N–H and O–H groups in total. The van der Waals surface area contributed by atoms with E-state index in [2.05, 4.69) is 106 Å². The molecule has 0 aromatic heterocycles. The first-order valence-corrected chi connectivity index (χ1v) is 30.1. The van der Waals surface area contributed by atoms with Gasteiger partial charge in [-0.15, -0.1) is 0 Å². The van der Waals surface area contributed by atoms with Crippen molar-refractivity contribution in [2.75, 3.05) is 13.2 Å². The molecule has 1 atom stereocenters. The third-order valence-electron chi connectivity index (χ3n) is 12.9. The highest BCUT2D eigenvalue weighted by Crippen LogP contribution is 2.16. The summed E-state index contributed by atoms with van der Waals surface area (Å²) in [5, 5.41) is 0. The first-order valence-electron chi connectivity index (χ1n) is 30.1. The summed E-state index contributed by atoms with van der Waals surface area (Å²) >= 11 is 0. The molecule has 0 heterocycles. The molecule has 0 amide bonds. The van der Waals surface area contributed by atoms with Crippen LogP contribution < -0.4 is 0 Å². The highest BCUT2D eigenvalue weighted by atomic mass is 16.6. The lowest BCUT2D eigenvalue weighted by Crippen LogP contribution is -2.30. The van der Waals surface area contributed by atoms with Crippen molar-refractivity contribution < 1.29 is 28.6 Å². The number of carbonyl (C=O) groups excluding carboxylic acids is 3. The monoisotopic (exact) mass is 989 g/mol. The molecule has 0 aromatic carbocycles. The zero-order valence-corrected chi connectivity index (χ0v) is 46.7. The van der Waals surface area contributed by atoms with Crippen LogP contribution in [0.3, 0.4) is 0 Å². The van der Waals surface area contributed by atoms with Crippen LogP contribution in [0.2, 0.25) is 0 Å². The zero-order chi connectivity index (χ0) is 51.4. The second-order valence-corrected chi connectivity index (χ2v) is 19.9. The minimum Gasteiger partial charge on any atom is -0.462 e. The molecule has 6 heteroatoms. The topological polar surface area (TPSA) is 78.9 Å². The molecule has 0 aliphatic carbocycles. The maximum absolute atomic E-state index is 12.9. The van der Waals surface area contributed by atoms with Crippen molar-refractivity contribution in [1.82, 2.24) is 0 Å². The van der Waals surface area contributed by atoms with Gasteiger partial charge in [-0.3, -0.25) is 14.4 Å². The van der Waals surface area contributed by atoms with Gasteiger partial charge >= 0.3 is 17.9 Å². The van der Waals surface area contributed by atoms with E-state index in [9.17, 15) is 14.4 Å². The van der Waals surface area contributed by atoms with Gasteiger partial charge in [0, 0.05) is 19.3 Å². The molecule has 71 heavy (non-hydrogen) atoms. The summed E-state index contributed by atoms with van der Waals surface area (Å²) in [4.78, 5) is 38.2. The predicted octanol–water partition coefficient (Wildman–Crippen LogP) is 20.3. The van der Waals surface area contributed by atoms with Gasteiger partial charge in [0.2, 0.25) is 0 Å². The van der Waals surface area contributed by atoms with E-state index in [1.165, 1.54) is 148 Å². The summed E-state index contributed by atoms with van der Waals surface area (Å²) in [6.45, 7) is 6.50. The Morgan fingerprint density at radius 3 is 0.901 bits per heavy atom. The lowest BCUT2D eigenvalue weighted by molar-refractivity contribution is -0.167. The van der Waals surface area contributed by atoms with Crippen molar-refractivity contribution in [1.29, 1.82) is 0 Å². The molecule has 0 spiro atoms. The molecule has 0 bridgehead atoms. The van der Waals surface area contributed by atoms with Crippen molar-refractivity contribution in [2.24, 2.45) is 0 Å². The van der Waals surface area contributed by atoms with Crippen molar-refractivity contribution in [3.05, 3.63) is 85.1 Å². The number of hydrogen-bond acceptors (Lipinski definition) is 6. The van der Waals surface area contributed by atoms with Crippen LogP contribution in [0.4, 0.5) is 0 Å². The van der Waals surface area contributed by atoms with Gasteiger partial charge in [0.05, 0.1) is 0 Å². The molecule has 0 aromatic rings. The average Bonchev–Trinajstić information content (AvgIpc) is 3.37. The lowest BCUT2D eigenvalue weighted by atomic mass is 10.0. The second kappa shape index (κ2) is 59.2. The van der Waals surface area contributed by atoms with Crippen molar-refractivity contribution in [3.63, 3.8) is 0 Å². The molecule has 0 saturated carbocycles. The molecule has 0 rings (SSSR count). The smallest absolute Gasteiger partial charge is 0.306 e. The molecule has 0 aliphatic heterocycles. The third-order valence-corrected chi connectivity index (χ3v) is 12.9. The minimum atomic E-state index is -0.792. The van der Waals surface area contributed by atoms with E-state index < -0.39 is 6.10 Å². The minimum absolute atomic E-state index is 0.0866. The molecule has 408 valence electrons. The highest BCUT2D eigenvalue weighted by molar-refractivity contribution is 5.71. The zero-order valence-electron chi connectivity index (χ0n) is 46.7. The molecule has 0 unspecified atom stereocenters. The van der Waals surface area contributed by atoms with E-state index in [0.717, 1.165) is 103 Å². The van der Waals surface area contributed by atoms with E-state index in [-0.39, 0.29) is 31.1 Å². The Morgan fingerprint density at radius 1 is 0.296 bits per heavy atom. The van der Waals surface area contributed by atoms with Crippen molar-refractivity contribution in [2.45, 2.75) is 297 Å². The van der Waals surface area contributed by atoms with Crippen LogP contribution in [-0.4, -0.2) is 37.2 Å². The number of ether oxygens (including phenoxy) is 3. The first-order chi connectivity index (χ1) is 35.0. The molecule has 0 radical (unpaired) electrons. The van der Waals surface area contributed by atoms with Gasteiger partial charge in [-0.25, -0.2) is 0 Å². The Hall–Kier alpha value is -3.41. The lowest BCUT2D eigenvalue weighted by Gasteiger charge is -2.18. The summed E-state index contributed by atoms with van der Waals surface area (Å²) in [6, 6.07) is 0. The van der Waals surface area contributed by atoms with E-state index in [1.807, 2.05) is 0 Å². The maximum Gasteiger partial charge on any atom is 0.306 e.